The molecule has 94 valence electrons. The summed E-state index contributed by atoms with van der Waals surface area (Å²) in [5.41, 5.74) is 5.73. The van der Waals surface area contributed by atoms with Gasteiger partial charge in [-0.15, -0.1) is 10.2 Å². The normalized spacial score (nSPS) is 18.9. The summed E-state index contributed by atoms with van der Waals surface area (Å²) in [7, 11) is 0. The largest absolute Gasteiger partial charge is 0.345 e. The molecule has 1 atom stereocenters. The Bertz CT molecular complexity index is 346. The van der Waals surface area contributed by atoms with Crippen LogP contribution < -0.4 is 11.1 Å². The number of tetrazole rings is 1. The SMILES string of the molecule is NCC(NC(=O)c1nn[nH]n1)C1CCCCC1. The van der Waals surface area contributed by atoms with E-state index in [0.717, 1.165) is 12.8 Å². The Morgan fingerprint density at radius 2 is 2.24 bits per heavy atom. The third-order valence-corrected chi connectivity index (χ3v) is 3.34. The minimum absolute atomic E-state index is 0.0151. The second kappa shape index (κ2) is 5.72. The number of hydrogen-bond acceptors (Lipinski definition) is 5. The number of carbonyl (C=O) groups is 1. The number of aromatic nitrogens is 4. The number of hydrogen-bond donors (Lipinski definition) is 3. The molecule has 0 bridgehead atoms. The van der Waals surface area contributed by atoms with E-state index >= 15 is 0 Å². The molecule has 0 spiro atoms. The lowest BCUT2D eigenvalue weighted by Gasteiger charge is -2.29. The number of amides is 1. The van der Waals surface area contributed by atoms with Crippen LogP contribution in [0.15, 0.2) is 0 Å². The predicted molar refractivity (Wildman–Crippen MR) is 61.1 cm³/mol. The molecule has 1 aromatic heterocycles. The van der Waals surface area contributed by atoms with Gasteiger partial charge in [-0.05, 0) is 24.0 Å². The summed E-state index contributed by atoms with van der Waals surface area (Å²) in [6.07, 6.45) is 5.99. The fourth-order valence-electron chi connectivity index (χ4n) is 2.40. The molecular weight excluding hydrogens is 220 g/mol. The number of rotatable bonds is 4. The average molecular weight is 238 g/mol. The van der Waals surface area contributed by atoms with Gasteiger partial charge in [0.2, 0.25) is 0 Å². The van der Waals surface area contributed by atoms with Gasteiger partial charge in [0.25, 0.3) is 11.7 Å². The number of nitrogens with two attached hydrogens (primary N) is 1. The van der Waals surface area contributed by atoms with Crippen molar-refractivity contribution in [3.63, 3.8) is 0 Å². The van der Waals surface area contributed by atoms with Gasteiger partial charge in [-0.3, -0.25) is 4.79 Å². The zero-order chi connectivity index (χ0) is 12.1. The Kier molecular flexibility index (Phi) is 4.03. The van der Waals surface area contributed by atoms with Gasteiger partial charge < -0.3 is 11.1 Å². The van der Waals surface area contributed by atoms with Gasteiger partial charge in [0.1, 0.15) is 0 Å². The molecule has 0 radical (unpaired) electrons. The highest BCUT2D eigenvalue weighted by molar-refractivity contribution is 5.90. The number of aromatic amines is 1. The van der Waals surface area contributed by atoms with Crippen LogP contribution in [-0.2, 0) is 0 Å². The minimum atomic E-state index is -0.306. The lowest BCUT2D eigenvalue weighted by atomic mass is 9.84. The van der Waals surface area contributed by atoms with Crippen LogP contribution in [0.1, 0.15) is 42.7 Å². The quantitative estimate of drug-likeness (QED) is 0.675. The first-order valence-electron chi connectivity index (χ1n) is 6.05. The van der Waals surface area contributed by atoms with Gasteiger partial charge in [-0.2, -0.15) is 5.21 Å². The fraction of sp³-hybridized carbons (Fsp3) is 0.800. The molecule has 17 heavy (non-hydrogen) atoms. The Morgan fingerprint density at radius 3 is 2.82 bits per heavy atom. The molecule has 1 unspecified atom stereocenters. The highest BCUT2D eigenvalue weighted by atomic mass is 16.2. The van der Waals surface area contributed by atoms with Gasteiger partial charge in [0, 0.05) is 12.6 Å². The van der Waals surface area contributed by atoms with E-state index in [-0.39, 0.29) is 17.8 Å². The van der Waals surface area contributed by atoms with Crippen molar-refractivity contribution in [1.29, 1.82) is 0 Å². The van der Waals surface area contributed by atoms with Crippen molar-refractivity contribution in [2.75, 3.05) is 6.54 Å². The minimum Gasteiger partial charge on any atom is -0.345 e. The molecule has 1 amide bonds. The topological polar surface area (TPSA) is 110 Å². The summed E-state index contributed by atoms with van der Waals surface area (Å²) in [4.78, 5) is 11.8. The third-order valence-electron chi connectivity index (χ3n) is 3.34. The number of H-pyrrole nitrogens is 1. The smallest absolute Gasteiger partial charge is 0.293 e. The third kappa shape index (κ3) is 3.00. The Hall–Kier alpha value is -1.50. The molecule has 4 N–H and O–H groups in total. The molecule has 0 aliphatic heterocycles. The fourth-order valence-corrected chi connectivity index (χ4v) is 2.40. The van der Waals surface area contributed by atoms with Gasteiger partial charge in [-0.25, -0.2) is 0 Å². The van der Waals surface area contributed by atoms with Crippen molar-refractivity contribution >= 4 is 5.91 Å². The second-order valence-electron chi connectivity index (χ2n) is 4.45. The molecular formula is C10H18N6O. The average Bonchev–Trinajstić information content (AvgIpc) is 2.90. The number of carbonyl (C=O) groups excluding carboxylic acids is 1. The monoisotopic (exact) mass is 238 g/mol. The van der Waals surface area contributed by atoms with Crippen molar-refractivity contribution in [2.45, 2.75) is 38.1 Å². The Morgan fingerprint density at radius 1 is 1.47 bits per heavy atom. The number of nitrogens with zero attached hydrogens (tertiary/aromatic N) is 3. The maximum atomic E-state index is 11.8. The lowest BCUT2D eigenvalue weighted by molar-refractivity contribution is 0.0905. The highest BCUT2D eigenvalue weighted by Crippen LogP contribution is 2.26. The van der Waals surface area contributed by atoms with Crippen LogP contribution in [0.4, 0.5) is 0 Å². The van der Waals surface area contributed by atoms with Crippen molar-refractivity contribution < 1.29 is 4.79 Å². The van der Waals surface area contributed by atoms with Crippen LogP contribution in [0.2, 0.25) is 0 Å². The number of nitrogens with one attached hydrogen (secondary N) is 2. The van der Waals surface area contributed by atoms with E-state index in [4.69, 9.17) is 5.73 Å². The zero-order valence-electron chi connectivity index (χ0n) is 9.72. The first kappa shape index (κ1) is 12.0. The van der Waals surface area contributed by atoms with Crippen LogP contribution in [0.5, 0.6) is 0 Å². The molecule has 1 heterocycles. The van der Waals surface area contributed by atoms with Crippen LogP contribution >= 0.6 is 0 Å². The van der Waals surface area contributed by atoms with E-state index in [1.165, 1.54) is 19.3 Å². The van der Waals surface area contributed by atoms with Crippen LogP contribution in [0.3, 0.4) is 0 Å². The first-order chi connectivity index (χ1) is 8.31. The van der Waals surface area contributed by atoms with E-state index < -0.39 is 0 Å². The summed E-state index contributed by atoms with van der Waals surface area (Å²) < 4.78 is 0. The molecule has 1 aromatic rings. The lowest BCUT2D eigenvalue weighted by Crippen LogP contribution is -2.46. The highest BCUT2D eigenvalue weighted by Gasteiger charge is 2.25. The van der Waals surface area contributed by atoms with E-state index in [0.29, 0.717) is 12.5 Å². The summed E-state index contributed by atoms with van der Waals surface area (Å²) in [5, 5.41) is 15.8. The summed E-state index contributed by atoms with van der Waals surface area (Å²) in [6.45, 7) is 0.453. The molecule has 7 heteroatoms. The van der Waals surface area contributed by atoms with Crippen molar-refractivity contribution in [3.05, 3.63) is 5.82 Å². The zero-order valence-corrected chi connectivity index (χ0v) is 9.72. The first-order valence-corrected chi connectivity index (χ1v) is 6.05. The van der Waals surface area contributed by atoms with Crippen molar-refractivity contribution in [3.8, 4) is 0 Å². The van der Waals surface area contributed by atoms with Crippen LogP contribution in [0, 0.1) is 5.92 Å². The predicted octanol–water partition coefficient (Wildman–Crippen LogP) is -0.163. The van der Waals surface area contributed by atoms with E-state index in [9.17, 15) is 4.79 Å². The molecule has 1 aliphatic rings. The molecule has 0 saturated heterocycles. The summed E-state index contributed by atoms with van der Waals surface area (Å²) >= 11 is 0. The molecule has 7 nitrogen and oxygen atoms in total. The molecule has 1 saturated carbocycles. The molecule has 1 fully saturated rings. The second-order valence-corrected chi connectivity index (χ2v) is 4.45. The maximum absolute atomic E-state index is 11.8. The Balaban J connectivity index is 1.92. The van der Waals surface area contributed by atoms with Gasteiger partial charge in [0.15, 0.2) is 0 Å². The summed E-state index contributed by atoms with van der Waals surface area (Å²) in [5.74, 6) is 0.239. The Labute approximate surface area is 99.5 Å². The maximum Gasteiger partial charge on any atom is 0.293 e. The van der Waals surface area contributed by atoms with Crippen LogP contribution in [0.25, 0.3) is 0 Å². The van der Waals surface area contributed by atoms with Gasteiger partial charge >= 0.3 is 0 Å². The molecule has 0 aromatic carbocycles. The van der Waals surface area contributed by atoms with E-state index in [1.807, 2.05) is 0 Å². The molecule has 1 aliphatic carbocycles. The molecule has 2 rings (SSSR count). The van der Waals surface area contributed by atoms with E-state index in [2.05, 4.69) is 25.9 Å². The van der Waals surface area contributed by atoms with Gasteiger partial charge in [-0.1, -0.05) is 19.3 Å². The van der Waals surface area contributed by atoms with Crippen LogP contribution in [-0.4, -0.2) is 39.1 Å². The van der Waals surface area contributed by atoms with Crippen molar-refractivity contribution in [2.24, 2.45) is 11.7 Å². The van der Waals surface area contributed by atoms with Crippen molar-refractivity contribution in [1.82, 2.24) is 25.9 Å². The van der Waals surface area contributed by atoms with Gasteiger partial charge in [0.05, 0.1) is 0 Å². The standard InChI is InChI=1S/C10H18N6O/c11-6-8(7-4-2-1-3-5-7)12-10(17)9-13-15-16-14-9/h7-8H,1-6,11H2,(H,12,17)(H,13,14,15,16). The van der Waals surface area contributed by atoms with E-state index in [1.54, 1.807) is 0 Å². The summed E-state index contributed by atoms with van der Waals surface area (Å²) in [6, 6.07) is 0.0151.